The van der Waals surface area contributed by atoms with E-state index in [9.17, 15) is 4.79 Å². The third kappa shape index (κ3) is 2.28. The fourth-order valence-electron chi connectivity index (χ4n) is 2.98. The van der Waals surface area contributed by atoms with Crippen LogP contribution in [0.2, 0.25) is 0 Å². The summed E-state index contributed by atoms with van der Waals surface area (Å²) in [7, 11) is 0. The lowest BCUT2D eigenvalue weighted by atomic mass is 10.2. The van der Waals surface area contributed by atoms with Crippen molar-refractivity contribution in [3.63, 3.8) is 0 Å². The minimum atomic E-state index is 0.0288. The fraction of sp³-hybridized carbons (Fsp3) is 0.467. The van der Waals surface area contributed by atoms with Crippen molar-refractivity contribution in [2.75, 3.05) is 13.1 Å². The van der Waals surface area contributed by atoms with E-state index in [1.165, 1.54) is 6.42 Å². The minimum absolute atomic E-state index is 0.0288. The van der Waals surface area contributed by atoms with E-state index in [1.807, 2.05) is 24.3 Å². The molecule has 19 heavy (non-hydrogen) atoms. The van der Waals surface area contributed by atoms with Gasteiger partial charge in [-0.25, -0.2) is 4.68 Å². The molecule has 0 bridgehead atoms. The topological polar surface area (TPSA) is 38.1 Å². The Morgan fingerprint density at radius 3 is 3.05 bits per heavy atom. The molecule has 0 amide bonds. The highest BCUT2D eigenvalue weighted by atomic mass is 16.1. The van der Waals surface area contributed by atoms with E-state index in [1.54, 1.807) is 10.9 Å². The zero-order valence-corrected chi connectivity index (χ0v) is 11.2. The molecule has 100 valence electrons. The number of nitrogens with zero attached hydrogens (tertiary/aromatic N) is 3. The van der Waals surface area contributed by atoms with Crippen LogP contribution in [0.1, 0.15) is 19.8 Å². The van der Waals surface area contributed by atoms with Crippen LogP contribution in [0.5, 0.6) is 0 Å². The molecule has 1 aliphatic rings. The molecule has 1 aromatic carbocycles. The van der Waals surface area contributed by atoms with Crippen LogP contribution in [0, 0.1) is 0 Å². The lowest BCUT2D eigenvalue weighted by Crippen LogP contribution is -2.36. The van der Waals surface area contributed by atoms with E-state index in [4.69, 9.17) is 0 Å². The van der Waals surface area contributed by atoms with E-state index in [2.05, 4.69) is 16.9 Å². The van der Waals surface area contributed by atoms with Crippen molar-refractivity contribution in [3.05, 3.63) is 40.8 Å². The Kier molecular flexibility index (Phi) is 3.34. The van der Waals surface area contributed by atoms with Crippen molar-refractivity contribution >= 4 is 10.8 Å². The Labute approximate surface area is 112 Å². The molecule has 4 nitrogen and oxygen atoms in total. The van der Waals surface area contributed by atoms with Gasteiger partial charge in [-0.15, -0.1) is 0 Å². The van der Waals surface area contributed by atoms with Crippen LogP contribution in [-0.4, -0.2) is 33.8 Å². The predicted molar refractivity (Wildman–Crippen MR) is 76.3 cm³/mol. The Morgan fingerprint density at radius 1 is 1.37 bits per heavy atom. The Balaban J connectivity index is 1.93. The molecule has 1 aliphatic heterocycles. The van der Waals surface area contributed by atoms with Gasteiger partial charge in [0.2, 0.25) is 0 Å². The lowest BCUT2D eigenvalue weighted by Gasteiger charge is -2.22. The summed E-state index contributed by atoms with van der Waals surface area (Å²) in [5.41, 5.74) is 0.0288. The predicted octanol–water partition coefficient (Wildman–Crippen LogP) is 1.88. The molecule has 0 saturated carbocycles. The second-order valence-corrected chi connectivity index (χ2v) is 5.14. The maximum atomic E-state index is 12.4. The average Bonchev–Trinajstić information content (AvgIpc) is 2.89. The van der Waals surface area contributed by atoms with Gasteiger partial charge in [-0.3, -0.25) is 9.69 Å². The molecule has 1 aromatic heterocycles. The van der Waals surface area contributed by atoms with Crippen molar-refractivity contribution in [1.29, 1.82) is 0 Å². The van der Waals surface area contributed by atoms with Crippen LogP contribution in [-0.2, 0) is 6.54 Å². The van der Waals surface area contributed by atoms with Crippen LogP contribution in [0.3, 0.4) is 0 Å². The molecular formula is C15H19N3O. The second kappa shape index (κ2) is 5.13. The smallest absolute Gasteiger partial charge is 0.274 e. The van der Waals surface area contributed by atoms with Crippen LogP contribution >= 0.6 is 0 Å². The Morgan fingerprint density at radius 2 is 2.21 bits per heavy atom. The average molecular weight is 257 g/mol. The summed E-state index contributed by atoms with van der Waals surface area (Å²) in [4.78, 5) is 14.8. The first-order valence-corrected chi connectivity index (χ1v) is 6.98. The highest BCUT2D eigenvalue weighted by Gasteiger charge is 2.23. The van der Waals surface area contributed by atoms with E-state index < -0.39 is 0 Å². The maximum absolute atomic E-state index is 12.4. The summed E-state index contributed by atoms with van der Waals surface area (Å²) in [6, 6.07) is 8.10. The summed E-state index contributed by atoms with van der Waals surface area (Å²) in [6.07, 6.45) is 4.18. The number of likely N-dealkylation sites (tertiary alicyclic amines) is 1. The maximum Gasteiger partial charge on any atom is 0.274 e. The van der Waals surface area contributed by atoms with Crippen LogP contribution in [0.25, 0.3) is 10.8 Å². The van der Waals surface area contributed by atoms with Crippen LogP contribution < -0.4 is 5.56 Å². The molecule has 2 heterocycles. The summed E-state index contributed by atoms with van der Waals surface area (Å²) in [6.45, 7) is 5.07. The first-order valence-electron chi connectivity index (χ1n) is 6.98. The molecule has 0 radical (unpaired) electrons. The molecule has 1 atom stereocenters. The summed E-state index contributed by atoms with van der Waals surface area (Å²) >= 11 is 0. The van der Waals surface area contributed by atoms with Gasteiger partial charge in [0, 0.05) is 11.4 Å². The Bertz CT molecular complexity index is 635. The monoisotopic (exact) mass is 257 g/mol. The molecule has 1 saturated heterocycles. The normalized spacial score (nSPS) is 20.2. The highest BCUT2D eigenvalue weighted by Crippen LogP contribution is 2.17. The third-order valence-corrected chi connectivity index (χ3v) is 4.05. The lowest BCUT2D eigenvalue weighted by molar-refractivity contribution is 0.236. The van der Waals surface area contributed by atoms with Gasteiger partial charge in [0.25, 0.3) is 5.56 Å². The molecule has 0 spiro atoms. The van der Waals surface area contributed by atoms with E-state index in [0.717, 1.165) is 30.3 Å². The Hall–Kier alpha value is -1.68. The molecule has 3 rings (SSSR count). The van der Waals surface area contributed by atoms with E-state index in [0.29, 0.717) is 12.6 Å². The molecule has 0 aliphatic carbocycles. The summed E-state index contributed by atoms with van der Waals surface area (Å²) < 4.78 is 1.63. The SMILES string of the molecule is CCN1CCCC1Cn1ncc2ccccc2c1=O. The van der Waals surface area contributed by atoms with Crippen LogP contribution in [0.15, 0.2) is 35.3 Å². The largest absolute Gasteiger partial charge is 0.299 e. The van der Waals surface area contributed by atoms with Gasteiger partial charge in [-0.1, -0.05) is 25.1 Å². The highest BCUT2D eigenvalue weighted by molar-refractivity contribution is 5.80. The van der Waals surface area contributed by atoms with E-state index in [-0.39, 0.29) is 5.56 Å². The van der Waals surface area contributed by atoms with Gasteiger partial charge >= 0.3 is 0 Å². The van der Waals surface area contributed by atoms with E-state index >= 15 is 0 Å². The number of rotatable bonds is 3. The first-order chi connectivity index (χ1) is 9.29. The van der Waals surface area contributed by atoms with Gasteiger partial charge in [0.15, 0.2) is 0 Å². The zero-order valence-electron chi connectivity index (χ0n) is 11.2. The molecule has 1 fully saturated rings. The van der Waals surface area contributed by atoms with Gasteiger partial charge in [-0.05, 0) is 32.0 Å². The van der Waals surface area contributed by atoms with Gasteiger partial charge < -0.3 is 0 Å². The third-order valence-electron chi connectivity index (χ3n) is 4.05. The minimum Gasteiger partial charge on any atom is -0.299 e. The summed E-state index contributed by atoms with van der Waals surface area (Å²) in [5, 5.41) is 6.00. The van der Waals surface area contributed by atoms with Crippen molar-refractivity contribution in [2.24, 2.45) is 0 Å². The van der Waals surface area contributed by atoms with Crippen molar-refractivity contribution in [3.8, 4) is 0 Å². The van der Waals surface area contributed by atoms with Gasteiger partial charge in [0.1, 0.15) is 0 Å². The van der Waals surface area contributed by atoms with Gasteiger partial charge in [-0.2, -0.15) is 5.10 Å². The van der Waals surface area contributed by atoms with Crippen LogP contribution in [0.4, 0.5) is 0 Å². The number of benzene rings is 1. The van der Waals surface area contributed by atoms with Crippen molar-refractivity contribution in [2.45, 2.75) is 32.4 Å². The number of hydrogen-bond acceptors (Lipinski definition) is 3. The zero-order chi connectivity index (χ0) is 13.2. The van der Waals surface area contributed by atoms with Crippen molar-refractivity contribution < 1.29 is 0 Å². The second-order valence-electron chi connectivity index (χ2n) is 5.14. The molecule has 2 aromatic rings. The number of hydrogen-bond donors (Lipinski definition) is 0. The molecule has 0 N–H and O–H groups in total. The summed E-state index contributed by atoms with van der Waals surface area (Å²) in [5.74, 6) is 0. The quantitative estimate of drug-likeness (QED) is 0.842. The standard InChI is InChI=1S/C15H19N3O/c1-2-17-9-5-7-13(17)11-18-15(19)14-8-4-3-6-12(14)10-16-18/h3-4,6,8,10,13H,2,5,7,9,11H2,1H3. The first kappa shape index (κ1) is 12.4. The van der Waals surface area contributed by atoms with Crippen molar-refractivity contribution in [1.82, 2.24) is 14.7 Å². The fourth-order valence-corrected chi connectivity index (χ4v) is 2.98. The molecule has 4 heteroatoms. The molecule has 1 unspecified atom stereocenters. The number of aromatic nitrogens is 2. The number of fused-ring (bicyclic) bond motifs is 1. The van der Waals surface area contributed by atoms with Gasteiger partial charge in [0.05, 0.1) is 18.1 Å². The number of likely N-dealkylation sites (N-methyl/N-ethyl adjacent to an activating group) is 1. The molecular weight excluding hydrogens is 238 g/mol.